The second-order valence-electron chi connectivity index (χ2n) is 3.89. The zero-order chi connectivity index (χ0) is 11.3. The summed E-state index contributed by atoms with van der Waals surface area (Å²) in [7, 11) is -3.30. The van der Waals surface area contributed by atoms with Crippen molar-refractivity contribution in [3.63, 3.8) is 0 Å². The lowest BCUT2D eigenvalue weighted by Gasteiger charge is -2.11. The molecule has 15 heavy (non-hydrogen) atoms. The Bertz CT molecular complexity index is 329. The molecule has 0 spiro atoms. The van der Waals surface area contributed by atoms with Gasteiger partial charge in [-0.3, -0.25) is 4.79 Å². The van der Waals surface area contributed by atoms with E-state index in [1.165, 1.54) is 6.08 Å². The quantitative estimate of drug-likeness (QED) is 0.706. The van der Waals surface area contributed by atoms with E-state index >= 15 is 0 Å². The largest absolute Gasteiger partial charge is 0.352 e. The molecule has 5 heteroatoms. The Morgan fingerprint density at radius 1 is 1.40 bits per heavy atom. The summed E-state index contributed by atoms with van der Waals surface area (Å²) >= 11 is 0. The van der Waals surface area contributed by atoms with Crippen molar-refractivity contribution in [2.45, 2.75) is 31.7 Å². The van der Waals surface area contributed by atoms with Gasteiger partial charge in [0.1, 0.15) is 5.75 Å². The van der Waals surface area contributed by atoms with Crippen LogP contribution in [0.4, 0.5) is 0 Å². The van der Waals surface area contributed by atoms with E-state index in [1.807, 2.05) is 0 Å². The molecule has 1 aliphatic rings. The van der Waals surface area contributed by atoms with Crippen LogP contribution in [0.5, 0.6) is 0 Å². The van der Waals surface area contributed by atoms with Crippen molar-refractivity contribution < 1.29 is 13.2 Å². The number of carbonyl (C=O) groups excluding carboxylic acids is 1. The van der Waals surface area contributed by atoms with Gasteiger partial charge < -0.3 is 5.32 Å². The van der Waals surface area contributed by atoms with Crippen molar-refractivity contribution in [2.24, 2.45) is 0 Å². The topological polar surface area (TPSA) is 63.2 Å². The number of hydrogen-bond donors (Lipinski definition) is 1. The molecule has 0 atom stereocenters. The summed E-state index contributed by atoms with van der Waals surface area (Å²) in [6.45, 7) is 3.35. The van der Waals surface area contributed by atoms with Gasteiger partial charge in [-0.2, -0.15) is 0 Å². The van der Waals surface area contributed by atoms with Crippen molar-refractivity contribution in [3.05, 3.63) is 12.7 Å². The SMILES string of the molecule is C=CCS(=O)(=O)CC(=O)NC1CCCC1. The first kappa shape index (κ1) is 12.2. The Balaban J connectivity index is 2.37. The maximum atomic E-state index is 11.4. The second kappa shape index (κ2) is 5.30. The average molecular weight is 231 g/mol. The normalized spacial score (nSPS) is 17.6. The summed E-state index contributed by atoms with van der Waals surface area (Å²) in [6, 6.07) is 0.177. The molecule has 0 bridgehead atoms. The smallest absolute Gasteiger partial charge is 0.235 e. The molecule has 86 valence electrons. The van der Waals surface area contributed by atoms with Gasteiger partial charge in [0.15, 0.2) is 9.84 Å². The van der Waals surface area contributed by atoms with E-state index in [0.717, 1.165) is 25.7 Å². The third-order valence-electron chi connectivity index (χ3n) is 2.44. The monoisotopic (exact) mass is 231 g/mol. The molecule has 0 aromatic carbocycles. The molecule has 1 N–H and O–H groups in total. The van der Waals surface area contributed by atoms with Crippen LogP contribution in [0.3, 0.4) is 0 Å². The van der Waals surface area contributed by atoms with Crippen molar-refractivity contribution in [1.82, 2.24) is 5.32 Å². The molecular formula is C10H17NO3S. The Kier molecular flexibility index (Phi) is 4.32. The molecule has 0 aliphatic heterocycles. The molecule has 0 saturated heterocycles. The first-order valence-corrected chi connectivity index (χ1v) is 6.96. The zero-order valence-corrected chi connectivity index (χ0v) is 9.55. The van der Waals surface area contributed by atoms with E-state index in [0.29, 0.717) is 0 Å². The number of sulfone groups is 1. The van der Waals surface area contributed by atoms with E-state index in [-0.39, 0.29) is 17.7 Å². The van der Waals surface area contributed by atoms with Crippen LogP contribution < -0.4 is 5.32 Å². The highest BCUT2D eigenvalue weighted by molar-refractivity contribution is 7.92. The highest BCUT2D eigenvalue weighted by Crippen LogP contribution is 2.17. The lowest BCUT2D eigenvalue weighted by Crippen LogP contribution is -2.37. The van der Waals surface area contributed by atoms with E-state index in [1.54, 1.807) is 0 Å². The van der Waals surface area contributed by atoms with Gasteiger partial charge in [-0.05, 0) is 12.8 Å². The van der Waals surface area contributed by atoms with Crippen molar-refractivity contribution in [3.8, 4) is 0 Å². The summed E-state index contributed by atoms with van der Waals surface area (Å²) in [5.74, 6) is -0.940. The van der Waals surface area contributed by atoms with Crippen LogP contribution in [-0.4, -0.2) is 31.9 Å². The molecule has 0 heterocycles. The van der Waals surface area contributed by atoms with Crippen LogP contribution >= 0.6 is 0 Å². The molecule has 0 aromatic heterocycles. The van der Waals surface area contributed by atoms with Gasteiger partial charge in [0.2, 0.25) is 5.91 Å². The van der Waals surface area contributed by atoms with Crippen molar-refractivity contribution in [2.75, 3.05) is 11.5 Å². The molecule has 1 saturated carbocycles. The first-order valence-electron chi connectivity index (χ1n) is 5.14. The Labute approximate surface area is 90.7 Å². The molecule has 1 aliphatic carbocycles. The number of hydrogen-bond acceptors (Lipinski definition) is 3. The van der Waals surface area contributed by atoms with Crippen LogP contribution in [0, 0.1) is 0 Å². The fourth-order valence-electron chi connectivity index (χ4n) is 1.78. The van der Waals surface area contributed by atoms with Crippen LogP contribution in [0.15, 0.2) is 12.7 Å². The van der Waals surface area contributed by atoms with Gasteiger partial charge in [0, 0.05) is 6.04 Å². The summed E-state index contributed by atoms with van der Waals surface area (Å²) < 4.78 is 22.6. The summed E-state index contributed by atoms with van der Waals surface area (Å²) in [4.78, 5) is 11.4. The maximum Gasteiger partial charge on any atom is 0.235 e. The number of rotatable bonds is 5. The number of amides is 1. The van der Waals surface area contributed by atoms with Gasteiger partial charge in [0.05, 0.1) is 5.75 Å². The maximum absolute atomic E-state index is 11.4. The first-order chi connectivity index (χ1) is 7.03. The third kappa shape index (κ3) is 4.46. The minimum Gasteiger partial charge on any atom is -0.352 e. The van der Waals surface area contributed by atoms with Crippen LogP contribution in [0.2, 0.25) is 0 Å². The fourth-order valence-corrected chi connectivity index (χ4v) is 2.74. The molecule has 0 aromatic rings. The lowest BCUT2D eigenvalue weighted by atomic mass is 10.2. The summed E-state index contributed by atoms with van der Waals surface area (Å²) in [5, 5.41) is 2.74. The molecule has 4 nitrogen and oxygen atoms in total. The zero-order valence-electron chi connectivity index (χ0n) is 8.74. The lowest BCUT2D eigenvalue weighted by molar-refractivity contribution is -0.119. The predicted molar refractivity (Wildman–Crippen MR) is 59.2 cm³/mol. The molecule has 1 fully saturated rings. The molecular weight excluding hydrogens is 214 g/mol. The fraction of sp³-hybridized carbons (Fsp3) is 0.700. The molecule has 1 amide bonds. The van der Waals surface area contributed by atoms with Gasteiger partial charge >= 0.3 is 0 Å². The van der Waals surface area contributed by atoms with E-state index in [2.05, 4.69) is 11.9 Å². The highest BCUT2D eigenvalue weighted by atomic mass is 32.2. The Morgan fingerprint density at radius 3 is 2.53 bits per heavy atom. The van der Waals surface area contributed by atoms with E-state index < -0.39 is 15.6 Å². The van der Waals surface area contributed by atoms with Gasteiger partial charge in [-0.25, -0.2) is 8.42 Å². The van der Waals surface area contributed by atoms with Crippen molar-refractivity contribution >= 4 is 15.7 Å². The minimum atomic E-state index is -3.30. The number of nitrogens with one attached hydrogen (secondary N) is 1. The Morgan fingerprint density at radius 2 is 2.00 bits per heavy atom. The van der Waals surface area contributed by atoms with Gasteiger partial charge in [0.25, 0.3) is 0 Å². The van der Waals surface area contributed by atoms with Crippen LogP contribution in [-0.2, 0) is 14.6 Å². The van der Waals surface area contributed by atoms with Crippen LogP contribution in [0.1, 0.15) is 25.7 Å². The standard InChI is InChI=1S/C10H17NO3S/c1-2-7-15(13,14)8-10(12)11-9-5-3-4-6-9/h2,9H,1,3-8H2,(H,11,12). The van der Waals surface area contributed by atoms with Gasteiger partial charge in [-0.15, -0.1) is 6.58 Å². The Hall–Kier alpha value is -0.840. The summed E-state index contributed by atoms with van der Waals surface area (Å²) in [6.07, 6.45) is 5.47. The van der Waals surface area contributed by atoms with E-state index in [4.69, 9.17) is 0 Å². The van der Waals surface area contributed by atoms with Crippen LogP contribution in [0.25, 0.3) is 0 Å². The molecule has 0 unspecified atom stereocenters. The average Bonchev–Trinajstić information content (AvgIpc) is 2.54. The highest BCUT2D eigenvalue weighted by Gasteiger charge is 2.20. The predicted octanol–water partition coefficient (Wildman–Crippen LogP) is 0.646. The third-order valence-corrected chi connectivity index (χ3v) is 3.89. The number of carbonyl (C=O) groups is 1. The van der Waals surface area contributed by atoms with Gasteiger partial charge in [-0.1, -0.05) is 18.9 Å². The van der Waals surface area contributed by atoms with E-state index in [9.17, 15) is 13.2 Å². The molecule has 0 radical (unpaired) electrons. The second-order valence-corrected chi connectivity index (χ2v) is 6.00. The van der Waals surface area contributed by atoms with Crippen molar-refractivity contribution in [1.29, 1.82) is 0 Å². The molecule has 1 rings (SSSR count). The summed E-state index contributed by atoms with van der Waals surface area (Å²) in [5.41, 5.74) is 0. The minimum absolute atomic E-state index is 0.134.